The van der Waals surface area contributed by atoms with Gasteiger partial charge in [0.2, 0.25) is 0 Å². The maximum Gasteiger partial charge on any atom is 0.0730 e. The Balaban J connectivity index is 2.04. The Morgan fingerprint density at radius 3 is 2.48 bits per heavy atom. The molecular weight excluding hydrogens is 258 g/mol. The summed E-state index contributed by atoms with van der Waals surface area (Å²) >= 11 is 0. The summed E-state index contributed by atoms with van der Waals surface area (Å²) in [7, 11) is 0. The molecule has 2 aromatic carbocycles. The van der Waals surface area contributed by atoms with Crippen molar-refractivity contribution >= 4 is 0 Å². The van der Waals surface area contributed by atoms with Crippen molar-refractivity contribution in [3.63, 3.8) is 0 Å². The minimum atomic E-state index is -0.177. The summed E-state index contributed by atoms with van der Waals surface area (Å²) in [6, 6.07) is 20.2. The van der Waals surface area contributed by atoms with E-state index in [2.05, 4.69) is 30.2 Å². The molecule has 3 nitrogen and oxygen atoms in total. The average molecular weight is 277 g/mol. The van der Waals surface area contributed by atoms with Crippen molar-refractivity contribution in [3.05, 3.63) is 83.7 Å². The number of hydrogen-bond acceptors (Lipinski definition) is 2. The summed E-state index contributed by atoms with van der Waals surface area (Å²) in [5, 5.41) is 4.43. The Labute approximate surface area is 125 Å². The van der Waals surface area contributed by atoms with Gasteiger partial charge in [-0.15, -0.1) is 0 Å². The molecule has 0 aliphatic heterocycles. The van der Waals surface area contributed by atoms with Crippen LogP contribution in [0.3, 0.4) is 0 Å². The first-order valence-corrected chi connectivity index (χ1v) is 7.24. The number of nitrogens with zero attached hydrogens (tertiary/aromatic N) is 2. The standard InChI is InChI=1S/C18H19N3/c1-2-14-8-6-7-11-16(14)18(19)17-12-13-20-21(17)15-9-4-3-5-10-15/h3-13,18H,2,19H2,1H3. The highest BCUT2D eigenvalue weighted by Crippen LogP contribution is 2.24. The van der Waals surface area contributed by atoms with Crippen LogP contribution in [0.2, 0.25) is 0 Å². The first kappa shape index (κ1) is 13.6. The smallest absolute Gasteiger partial charge is 0.0730 e. The predicted octanol–water partition coefficient (Wildman–Crippen LogP) is 3.48. The quantitative estimate of drug-likeness (QED) is 0.793. The van der Waals surface area contributed by atoms with E-state index in [1.54, 1.807) is 6.20 Å². The zero-order chi connectivity index (χ0) is 14.7. The Morgan fingerprint density at radius 2 is 1.71 bits per heavy atom. The van der Waals surface area contributed by atoms with Crippen LogP contribution in [0.5, 0.6) is 0 Å². The molecule has 2 N–H and O–H groups in total. The normalized spacial score (nSPS) is 12.3. The van der Waals surface area contributed by atoms with Gasteiger partial charge >= 0.3 is 0 Å². The summed E-state index contributed by atoms with van der Waals surface area (Å²) in [6.45, 7) is 2.15. The molecule has 0 bridgehead atoms. The fraction of sp³-hybridized carbons (Fsp3) is 0.167. The number of aryl methyl sites for hydroxylation is 1. The summed E-state index contributed by atoms with van der Waals surface area (Å²) < 4.78 is 1.91. The molecule has 0 aliphatic carbocycles. The van der Waals surface area contributed by atoms with Crippen LogP contribution in [0.4, 0.5) is 0 Å². The van der Waals surface area contributed by atoms with Gasteiger partial charge in [-0.2, -0.15) is 5.10 Å². The average Bonchev–Trinajstić information content (AvgIpc) is 3.04. The molecule has 3 rings (SSSR count). The van der Waals surface area contributed by atoms with Crippen LogP contribution in [0.15, 0.2) is 66.9 Å². The van der Waals surface area contributed by atoms with Crippen LogP contribution in [0, 0.1) is 0 Å². The third-order valence-electron chi connectivity index (χ3n) is 3.76. The van der Waals surface area contributed by atoms with E-state index in [1.165, 1.54) is 5.56 Å². The number of aromatic nitrogens is 2. The van der Waals surface area contributed by atoms with E-state index in [0.29, 0.717) is 0 Å². The summed E-state index contributed by atoms with van der Waals surface area (Å²) in [6.07, 6.45) is 2.78. The second-order valence-electron chi connectivity index (χ2n) is 5.03. The Kier molecular flexibility index (Phi) is 3.84. The molecule has 0 saturated carbocycles. The summed E-state index contributed by atoms with van der Waals surface area (Å²) in [4.78, 5) is 0. The molecule has 0 saturated heterocycles. The molecule has 3 aromatic rings. The summed E-state index contributed by atoms with van der Waals surface area (Å²) in [5.41, 5.74) is 11.0. The van der Waals surface area contributed by atoms with Gasteiger partial charge in [0.25, 0.3) is 0 Å². The minimum Gasteiger partial charge on any atom is -0.319 e. The van der Waals surface area contributed by atoms with E-state index >= 15 is 0 Å². The molecule has 0 aliphatic rings. The fourth-order valence-corrected chi connectivity index (χ4v) is 2.65. The van der Waals surface area contributed by atoms with Gasteiger partial charge in [-0.1, -0.05) is 49.4 Å². The van der Waals surface area contributed by atoms with Crippen molar-refractivity contribution in [2.24, 2.45) is 5.73 Å². The van der Waals surface area contributed by atoms with Gasteiger partial charge in [0.1, 0.15) is 0 Å². The lowest BCUT2D eigenvalue weighted by Crippen LogP contribution is -2.18. The van der Waals surface area contributed by atoms with E-state index in [4.69, 9.17) is 5.73 Å². The number of rotatable bonds is 4. The van der Waals surface area contributed by atoms with E-state index in [-0.39, 0.29) is 6.04 Å². The molecule has 1 aromatic heterocycles. The lowest BCUT2D eigenvalue weighted by Gasteiger charge is -2.17. The van der Waals surface area contributed by atoms with Crippen LogP contribution < -0.4 is 5.73 Å². The third kappa shape index (κ3) is 2.60. The van der Waals surface area contributed by atoms with Gasteiger partial charge in [-0.3, -0.25) is 0 Å². The van der Waals surface area contributed by atoms with Gasteiger partial charge in [0.05, 0.1) is 17.4 Å². The van der Waals surface area contributed by atoms with E-state index in [1.807, 2.05) is 47.1 Å². The van der Waals surface area contributed by atoms with E-state index in [0.717, 1.165) is 23.4 Å². The van der Waals surface area contributed by atoms with Crippen LogP contribution in [-0.2, 0) is 6.42 Å². The maximum absolute atomic E-state index is 6.51. The number of para-hydroxylation sites is 1. The number of nitrogens with two attached hydrogens (primary N) is 1. The molecule has 106 valence electrons. The van der Waals surface area contributed by atoms with Gasteiger partial charge in [0, 0.05) is 6.20 Å². The first-order chi connectivity index (χ1) is 10.3. The molecule has 1 unspecified atom stereocenters. The van der Waals surface area contributed by atoms with Gasteiger partial charge in [-0.05, 0) is 35.7 Å². The highest BCUT2D eigenvalue weighted by Gasteiger charge is 2.17. The predicted molar refractivity (Wildman–Crippen MR) is 85.4 cm³/mol. The molecule has 21 heavy (non-hydrogen) atoms. The Hall–Kier alpha value is -2.39. The van der Waals surface area contributed by atoms with E-state index in [9.17, 15) is 0 Å². The van der Waals surface area contributed by atoms with Crippen molar-refractivity contribution in [2.75, 3.05) is 0 Å². The van der Waals surface area contributed by atoms with Gasteiger partial charge in [-0.25, -0.2) is 4.68 Å². The molecular formula is C18H19N3. The van der Waals surface area contributed by atoms with Crippen molar-refractivity contribution < 1.29 is 0 Å². The molecule has 1 atom stereocenters. The van der Waals surface area contributed by atoms with Crippen molar-refractivity contribution in [2.45, 2.75) is 19.4 Å². The topological polar surface area (TPSA) is 43.8 Å². The second-order valence-corrected chi connectivity index (χ2v) is 5.03. The molecule has 0 fully saturated rings. The first-order valence-electron chi connectivity index (χ1n) is 7.24. The minimum absolute atomic E-state index is 0.177. The third-order valence-corrected chi connectivity index (χ3v) is 3.76. The Bertz CT molecular complexity index is 716. The number of hydrogen-bond donors (Lipinski definition) is 1. The highest BCUT2D eigenvalue weighted by molar-refractivity contribution is 5.39. The molecule has 0 amide bonds. The van der Waals surface area contributed by atoms with Crippen LogP contribution >= 0.6 is 0 Å². The maximum atomic E-state index is 6.51. The lowest BCUT2D eigenvalue weighted by atomic mass is 9.97. The zero-order valence-corrected chi connectivity index (χ0v) is 12.1. The fourth-order valence-electron chi connectivity index (χ4n) is 2.65. The molecule has 0 spiro atoms. The van der Waals surface area contributed by atoms with Crippen molar-refractivity contribution in [1.82, 2.24) is 9.78 Å². The molecule has 0 radical (unpaired) electrons. The zero-order valence-electron chi connectivity index (χ0n) is 12.1. The SMILES string of the molecule is CCc1ccccc1C(N)c1ccnn1-c1ccccc1. The lowest BCUT2D eigenvalue weighted by molar-refractivity contribution is 0.733. The van der Waals surface area contributed by atoms with Gasteiger partial charge in [0.15, 0.2) is 0 Å². The van der Waals surface area contributed by atoms with Crippen LogP contribution in [-0.4, -0.2) is 9.78 Å². The summed E-state index contributed by atoms with van der Waals surface area (Å²) in [5.74, 6) is 0. The largest absolute Gasteiger partial charge is 0.319 e. The van der Waals surface area contributed by atoms with Crippen molar-refractivity contribution in [1.29, 1.82) is 0 Å². The second kappa shape index (κ2) is 5.94. The van der Waals surface area contributed by atoms with Crippen molar-refractivity contribution in [3.8, 4) is 5.69 Å². The monoisotopic (exact) mass is 277 g/mol. The molecule has 3 heteroatoms. The van der Waals surface area contributed by atoms with Gasteiger partial charge < -0.3 is 5.73 Å². The van der Waals surface area contributed by atoms with Crippen LogP contribution in [0.25, 0.3) is 5.69 Å². The Morgan fingerprint density at radius 1 is 1.00 bits per heavy atom. The van der Waals surface area contributed by atoms with E-state index < -0.39 is 0 Å². The van der Waals surface area contributed by atoms with Crippen LogP contribution in [0.1, 0.15) is 29.8 Å². The number of benzene rings is 2. The highest BCUT2D eigenvalue weighted by atomic mass is 15.3. The molecule has 1 heterocycles.